The van der Waals surface area contributed by atoms with Crippen molar-refractivity contribution in [3.8, 4) is 0 Å². The molecule has 3 heterocycles. The van der Waals surface area contributed by atoms with Gasteiger partial charge in [0, 0.05) is 24.3 Å². The molecule has 1 unspecified atom stereocenters. The summed E-state index contributed by atoms with van der Waals surface area (Å²) in [4.78, 5) is 25.4. The minimum Gasteiger partial charge on any atom is -0.346 e. The lowest BCUT2D eigenvalue weighted by molar-refractivity contribution is -0.0633. The minimum atomic E-state index is -1.96. The van der Waals surface area contributed by atoms with Gasteiger partial charge in [-0.1, -0.05) is 0 Å². The first-order chi connectivity index (χ1) is 12.1. The Bertz CT molecular complexity index is 757. The molecule has 0 spiro atoms. The summed E-state index contributed by atoms with van der Waals surface area (Å²) in [7, 11) is -1.44. The number of ether oxygens (including phenoxy) is 1. The van der Waals surface area contributed by atoms with Crippen LogP contribution in [0.25, 0.3) is 0 Å². The van der Waals surface area contributed by atoms with Crippen molar-refractivity contribution in [2.45, 2.75) is 70.8 Å². The third-order valence-corrected chi connectivity index (χ3v) is 6.66. The Balaban J connectivity index is 1.87. The van der Waals surface area contributed by atoms with Crippen molar-refractivity contribution < 1.29 is 18.2 Å². The summed E-state index contributed by atoms with van der Waals surface area (Å²) in [6.07, 6.45) is -1.47. The van der Waals surface area contributed by atoms with E-state index in [1.54, 1.807) is 0 Å². The first-order valence-corrected chi connectivity index (χ1v) is 9.80. The molecule has 146 valence electrons. The first-order valence-electron chi connectivity index (χ1n) is 8.66. The Labute approximate surface area is 152 Å². The van der Waals surface area contributed by atoms with Gasteiger partial charge in [-0.2, -0.15) is 0 Å². The molecule has 2 saturated heterocycles. The van der Waals surface area contributed by atoms with Gasteiger partial charge in [0.1, 0.15) is 12.2 Å². The molecule has 1 aromatic rings. The van der Waals surface area contributed by atoms with E-state index in [1.165, 1.54) is 13.1 Å². The monoisotopic (exact) mass is 389 g/mol. The number of halogens is 1. The Morgan fingerprint density at radius 1 is 1.35 bits per heavy atom. The van der Waals surface area contributed by atoms with Crippen molar-refractivity contribution in [2.75, 3.05) is 6.61 Å². The van der Waals surface area contributed by atoms with Crippen molar-refractivity contribution in [2.24, 2.45) is 0 Å². The second-order valence-corrected chi connectivity index (χ2v) is 8.73. The van der Waals surface area contributed by atoms with Crippen LogP contribution >= 0.6 is 8.53 Å². The van der Waals surface area contributed by atoms with E-state index in [2.05, 4.69) is 9.65 Å². The average Bonchev–Trinajstić information content (AvgIpc) is 2.78. The lowest BCUT2D eigenvalue weighted by atomic mass is 9.98. The highest BCUT2D eigenvalue weighted by molar-refractivity contribution is 7.44. The summed E-state index contributed by atoms with van der Waals surface area (Å²) in [5.74, 6) is 0. The zero-order chi connectivity index (χ0) is 19.2. The maximum absolute atomic E-state index is 15.7. The van der Waals surface area contributed by atoms with Gasteiger partial charge in [0.2, 0.25) is 0 Å². The molecule has 2 aliphatic heterocycles. The Morgan fingerprint density at radius 3 is 2.58 bits per heavy atom. The van der Waals surface area contributed by atoms with E-state index >= 15 is 4.39 Å². The molecule has 0 saturated carbocycles. The third kappa shape index (κ3) is 3.39. The maximum Gasteiger partial charge on any atom is 0.330 e. The predicted octanol–water partition coefficient (Wildman–Crippen LogP) is 1.92. The quantitative estimate of drug-likeness (QED) is 0.792. The molecule has 1 N–H and O–H groups in total. The highest BCUT2D eigenvalue weighted by Gasteiger charge is 2.60. The van der Waals surface area contributed by atoms with E-state index in [-0.39, 0.29) is 18.7 Å². The summed E-state index contributed by atoms with van der Waals surface area (Å²) in [5.41, 5.74) is -3.23. The SMILES string of the molecule is CC(C)N(C(C)C)P1OC[C@H]2O[C@@H](n3ccc(=O)[nH]c3=O)[C@](C)(F)[C@@H]2O1. The standard InChI is InChI=1S/C16H25FN3O5P/c1-9(2)20(10(3)4)26-23-8-11-13(25-26)16(5,17)14(24-11)19-7-6-12(21)18-15(19)22/h6-7,9-11,13-14H,8H2,1-5H3,(H,18,21,22)/t11-,13-,14-,16-,26?/m1/s1. The highest BCUT2D eigenvalue weighted by Crippen LogP contribution is 2.56. The van der Waals surface area contributed by atoms with Gasteiger partial charge in [-0.05, 0) is 34.6 Å². The van der Waals surface area contributed by atoms with Crippen LogP contribution in [0.15, 0.2) is 21.9 Å². The fourth-order valence-corrected chi connectivity index (χ4v) is 5.35. The fourth-order valence-electron chi connectivity index (χ4n) is 3.48. The Morgan fingerprint density at radius 2 is 2.00 bits per heavy atom. The lowest BCUT2D eigenvalue weighted by Gasteiger charge is -2.41. The number of hydrogen-bond acceptors (Lipinski definition) is 6. The van der Waals surface area contributed by atoms with E-state index in [1.807, 2.05) is 27.7 Å². The molecule has 5 atom stereocenters. The Kier molecular flexibility index (Phi) is 5.38. The number of hydrogen-bond donors (Lipinski definition) is 1. The van der Waals surface area contributed by atoms with Crippen LogP contribution in [0.1, 0.15) is 40.8 Å². The molecule has 3 rings (SSSR count). The molecule has 2 fully saturated rings. The highest BCUT2D eigenvalue weighted by atomic mass is 31.2. The molecule has 26 heavy (non-hydrogen) atoms. The van der Waals surface area contributed by atoms with Gasteiger partial charge < -0.3 is 13.8 Å². The largest absolute Gasteiger partial charge is 0.346 e. The molecule has 2 aliphatic rings. The topological polar surface area (TPSA) is 85.8 Å². The number of fused-ring (bicyclic) bond motifs is 1. The maximum atomic E-state index is 15.7. The number of aromatic nitrogens is 2. The van der Waals surface area contributed by atoms with Crippen LogP contribution in [0.4, 0.5) is 4.39 Å². The zero-order valence-electron chi connectivity index (χ0n) is 15.5. The molecule has 0 aliphatic carbocycles. The van der Waals surface area contributed by atoms with E-state index in [9.17, 15) is 9.59 Å². The number of rotatable bonds is 4. The molecule has 0 aromatic carbocycles. The van der Waals surface area contributed by atoms with Gasteiger partial charge in [0.05, 0.1) is 6.61 Å². The average molecular weight is 389 g/mol. The van der Waals surface area contributed by atoms with Crippen LogP contribution < -0.4 is 11.2 Å². The van der Waals surface area contributed by atoms with Gasteiger partial charge in [0.15, 0.2) is 11.9 Å². The fraction of sp³-hybridized carbons (Fsp3) is 0.750. The predicted molar refractivity (Wildman–Crippen MR) is 94.6 cm³/mol. The van der Waals surface area contributed by atoms with Crippen LogP contribution in [-0.2, 0) is 13.8 Å². The second kappa shape index (κ2) is 7.13. The molecule has 10 heteroatoms. The van der Waals surface area contributed by atoms with Crippen LogP contribution in [-0.4, -0.2) is 50.8 Å². The minimum absolute atomic E-state index is 0.170. The summed E-state index contributed by atoms with van der Waals surface area (Å²) >= 11 is 0. The third-order valence-electron chi connectivity index (χ3n) is 4.58. The van der Waals surface area contributed by atoms with E-state index in [0.717, 1.165) is 10.6 Å². The summed E-state index contributed by atoms with van der Waals surface area (Å²) in [5, 5.41) is 0. The number of nitrogens with one attached hydrogen (secondary N) is 1. The van der Waals surface area contributed by atoms with Crippen LogP contribution in [0.3, 0.4) is 0 Å². The van der Waals surface area contributed by atoms with Gasteiger partial charge in [-0.3, -0.25) is 14.3 Å². The summed E-state index contributed by atoms with van der Waals surface area (Å²) < 4.78 is 36.4. The number of H-pyrrole nitrogens is 1. The van der Waals surface area contributed by atoms with Crippen molar-refractivity contribution in [3.63, 3.8) is 0 Å². The van der Waals surface area contributed by atoms with Gasteiger partial charge in [-0.25, -0.2) is 13.9 Å². The second-order valence-electron chi connectivity index (χ2n) is 7.32. The van der Waals surface area contributed by atoms with Crippen LogP contribution in [0.5, 0.6) is 0 Å². The normalized spacial score (nSPS) is 34.7. The van der Waals surface area contributed by atoms with Gasteiger partial charge >= 0.3 is 5.69 Å². The van der Waals surface area contributed by atoms with Crippen molar-refractivity contribution >= 4 is 8.53 Å². The van der Waals surface area contributed by atoms with Crippen LogP contribution in [0.2, 0.25) is 0 Å². The van der Waals surface area contributed by atoms with Crippen molar-refractivity contribution in [1.82, 2.24) is 14.2 Å². The van der Waals surface area contributed by atoms with E-state index in [0.29, 0.717) is 0 Å². The molecular weight excluding hydrogens is 364 g/mol. The molecular formula is C16H25FN3O5P. The zero-order valence-corrected chi connectivity index (χ0v) is 16.4. The number of aromatic amines is 1. The van der Waals surface area contributed by atoms with Crippen molar-refractivity contribution in [3.05, 3.63) is 33.1 Å². The van der Waals surface area contributed by atoms with Crippen molar-refractivity contribution in [1.29, 1.82) is 0 Å². The van der Waals surface area contributed by atoms with E-state index in [4.69, 9.17) is 13.8 Å². The van der Waals surface area contributed by atoms with E-state index < -0.39 is 43.9 Å². The summed E-state index contributed by atoms with van der Waals surface area (Å²) in [6, 6.07) is 1.50. The number of alkyl halides is 1. The lowest BCUT2D eigenvalue weighted by Crippen LogP contribution is -2.48. The molecule has 0 amide bonds. The number of nitrogens with zero attached hydrogens (tertiary/aromatic N) is 2. The molecule has 1 aromatic heterocycles. The molecule has 0 radical (unpaired) electrons. The smallest absolute Gasteiger partial charge is 0.330 e. The summed E-state index contributed by atoms with van der Waals surface area (Å²) in [6.45, 7) is 9.66. The molecule has 0 bridgehead atoms. The first kappa shape index (κ1) is 19.6. The Hall–Kier alpha value is -1.12. The van der Waals surface area contributed by atoms with Gasteiger partial charge in [-0.15, -0.1) is 0 Å². The molecule has 8 nitrogen and oxygen atoms in total. The van der Waals surface area contributed by atoms with Crippen LogP contribution in [0, 0.1) is 0 Å². The van der Waals surface area contributed by atoms with Gasteiger partial charge in [0.25, 0.3) is 14.1 Å².